The molecule has 5 heteroatoms. The minimum absolute atomic E-state index is 0.286. The summed E-state index contributed by atoms with van der Waals surface area (Å²) in [5, 5.41) is 1.10. The Morgan fingerprint density at radius 3 is 2.63 bits per heavy atom. The predicted octanol–water partition coefficient (Wildman–Crippen LogP) is 5.15. The summed E-state index contributed by atoms with van der Waals surface area (Å²) in [5.74, 6) is 0.485. The van der Waals surface area contributed by atoms with Gasteiger partial charge in [0.1, 0.15) is 12.4 Å². The van der Waals surface area contributed by atoms with Crippen LogP contribution in [0.5, 0.6) is 5.75 Å². The van der Waals surface area contributed by atoms with E-state index >= 15 is 0 Å². The van der Waals surface area contributed by atoms with Gasteiger partial charge in [-0.3, -0.25) is 4.79 Å². The smallest absolute Gasteiger partial charge is 0.153 e. The van der Waals surface area contributed by atoms with E-state index in [1.54, 1.807) is 24.3 Å². The monoisotopic (exact) mass is 358 g/mol. The zero-order chi connectivity index (χ0) is 13.8. The van der Waals surface area contributed by atoms with Crippen LogP contribution < -0.4 is 4.74 Å². The standard InChI is InChI=1S/C14H9BrCl2O2/c15-11-2-1-9(13(17)6-11)8-19-14-4-3-12(16)5-10(14)7-18/h1-7H,8H2. The van der Waals surface area contributed by atoms with Crippen LogP contribution in [0.15, 0.2) is 40.9 Å². The SMILES string of the molecule is O=Cc1cc(Cl)ccc1OCc1ccc(Br)cc1Cl. The molecular weight excluding hydrogens is 351 g/mol. The third-order valence-corrected chi connectivity index (χ3v) is 3.58. The van der Waals surface area contributed by atoms with Crippen molar-refractivity contribution in [3.63, 3.8) is 0 Å². The highest BCUT2D eigenvalue weighted by molar-refractivity contribution is 9.10. The van der Waals surface area contributed by atoms with Crippen LogP contribution in [0.3, 0.4) is 0 Å². The molecule has 0 amide bonds. The minimum Gasteiger partial charge on any atom is -0.488 e. The highest BCUT2D eigenvalue weighted by Gasteiger charge is 2.06. The average Bonchev–Trinajstić information content (AvgIpc) is 2.39. The number of hydrogen-bond acceptors (Lipinski definition) is 2. The number of carbonyl (C=O) groups excluding carboxylic acids is 1. The van der Waals surface area contributed by atoms with Gasteiger partial charge in [0.05, 0.1) is 5.56 Å². The summed E-state index contributed by atoms with van der Waals surface area (Å²) in [7, 11) is 0. The number of hydrogen-bond donors (Lipinski definition) is 0. The molecule has 0 saturated heterocycles. The highest BCUT2D eigenvalue weighted by Crippen LogP contribution is 2.25. The number of ether oxygens (including phenoxy) is 1. The summed E-state index contributed by atoms with van der Waals surface area (Å²) in [5.41, 5.74) is 1.26. The number of aldehydes is 1. The Balaban J connectivity index is 2.16. The molecular formula is C14H9BrCl2O2. The van der Waals surface area contributed by atoms with Crippen molar-refractivity contribution in [2.45, 2.75) is 6.61 Å². The Hall–Kier alpha value is -1.03. The van der Waals surface area contributed by atoms with Crippen molar-refractivity contribution in [3.8, 4) is 5.75 Å². The fourth-order valence-corrected chi connectivity index (χ4v) is 2.45. The van der Waals surface area contributed by atoms with Gasteiger partial charge in [0, 0.05) is 20.1 Å². The molecule has 2 aromatic carbocycles. The maximum atomic E-state index is 10.9. The maximum absolute atomic E-state index is 10.9. The lowest BCUT2D eigenvalue weighted by molar-refractivity contribution is 0.111. The molecule has 2 rings (SSSR count). The fourth-order valence-electron chi connectivity index (χ4n) is 1.54. The van der Waals surface area contributed by atoms with E-state index < -0.39 is 0 Å². The van der Waals surface area contributed by atoms with E-state index in [0.29, 0.717) is 27.6 Å². The highest BCUT2D eigenvalue weighted by atomic mass is 79.9. The molecule has 0 aromatic heterocycles. The van der Waals surface area contributed by atoms with Gasteiger partial charge < -0.3 is 4.74 Å². The van der Waals surface area contributed by atoms with E-state index in [1.165, 1.54) is 0 Å². The number of halogens is 3. The van der Waals surface area contributed by atoms with Crippen molar-refractivity contribution in [1.29, 1.82) is 0 Å². The topological polar surface area (TPSA) is 26.3 Å². The first-order chi connectivity index (χ1) is 9.10. The van der Waals surface area contributed by atoms with Crippen molar-refractivity contribution in [3.05, 3.63) is 62.0 Å². The first kappa shape index (κ1) is 14.4. The molecule has 0 heterocycles. The van der Waals surface area contributed by atoms with Crippen LogP contribution >= 0.6 is 39.1 Å². The molecule has 2 aromatic rings. The van der Waals surface area contributed by atoms with Gasteiger partial charge in [-0.1, -0.05) is 45.2 Å². The molecule has 98 valence electrons. The van der Waals surface area contributed by atoms with Crippen molar-refractivity contribution >= 4 is 45.4 Å². The molecule has 0 N–H and O–H groups in total. The molecule has 0 spiro atoms. The number of carbonyl (C=O) groups is 1. The van der Waals surface area contributed by atoms with E-state index in [9.17, 15) is 4.79 Å². The lowest BCUT2D eigenvalue weighted by Crippen LogP contribution is -1.99. The second-order valence-electron chi connectivity index (χ2n) is 3.82. The molecule has 19 heavy (non-hydrogen) atoms. The summed E-state index contributed by atoms with van der Waals surface area (Å²) in [4.78, 5) is 10.9. The summed E-state index contributed by atoms with van der Waals surface area (Å²) in [6.07, 6.45) is 0.713. The lowest BCUT2D eigenvalue weighted by atomic mass is 10.2. The van der Waals surface area contributed by atoms with E-state index in [-0.39, 0.29) is 6.61 Å². The maximum Gasteiger partial charge on any atom is 0.153 e. The van der Waals surface area contributed by atoms with Crippen molar-refractivity contribution in [2.75, 3.05) is 0 Å². The quantitative estimate of drug-likeness (QED) is 0.706. The first-order valence-corrected chi connectivity index (χ1v) is 6.96. The van der Waals surface area contributed by atoms with E-state index in [4.69, 9.17) is 27.9 Å². The van der Waals surface area contributed by atoms with Gasteiger partial charge in [0.2, 0.25) is 0 Å². The number of benzene rings is 2. The van der Waals surface area contributed by atoms with Gasteiger partial charge in [-0.05, 0) is 30.3 Å². The van der Waals surface area contributed by atoms with Crippen LogP contribution in [0.25, 0.3) is 0 Å². The lowest BCUT2D eigenvalue weighted by Gasteiger charge is -2.10. The van der Waals surface area contributed by atoms with Crippen LogP contribution in [-0.2, 0) is 6.61 Å². The van der Waals surface area contributed by atoms with Gasteiger partial charge >= 0.3 is 0 Å². The van der Waals surface area contributed by atoms with Crippen molar-refractivity contribution < 1.29 is 9.53 Å². The van der Waals surface area contributed by atoms with Gasteiger partial charge in [-0.2, -0.15) is 0 Å². The van der Waals surface area contributed by atoms with Crippen LogP contribution in [0.1, 0.15) is 15.9 Å². The molecule has 0 fully saturated rings. The molecule has 0 bridgehead atoms. The second kappa shape index (κ2) is 6.42. The van der Waals surface area contributed by atoms with Crippen molar-refractivity contribution in [2.24, 2.45) is 0 Å². The van der Waals surface area contributed by atoms with E-state index in [1.807, 2.05) is 12.1 Å². The summed E-state index contributed by atoms with van der Waals surface area (Å²) < 4.78 is 6.50. The van der Waals surface area contributed by atoms with Gasteiger partial charge in [0.15, 0.2) is 6.29 Å². The zero-order valence-corrected chi connectivity index (χ0v) is 12.8. The van der Waals surface area contributed by atoms with Crippen LogP contribution in [-0.4, -0.2) is 6.29 Å². The van der Waals surface area contributed by atoms with E-state index in [0.717, 1.165) is 10.0 Å². The largest absolute Gasteiger partial charge is 0.488 e. The Morgan fingerprint density at radius 2 is 1.95 bits per heavy atom. The Morgan fingerprint density at radius 1 is 1.16 bits per heavy atom. The zero-order valence-electron chi connectivity index (χ0n) is 9.70. The molecule has 0 saturated carbocycles. The van der Waals surface area contributed by atoms with E-state index in [2.05, 4.69) is 15.9 Å². The van der Waals surface area contributed by atoms with Crippen molar-refractivity contribution in [1.82, 2.24) is 0 Å². The Kier molecular flexibility index (Phi) is 4.86. The van der Waals surface area contributed by atoms with Gasteiger partial charge in [0.25, 0.3) is 0 Å². The molecule has 0 aliphatic heterocycles. The summed E-state index contributed by atoms with van der Waals surface area (Å²) >= 11 is 15.2. The molecule has 2 nitrogen and oxygen atoms in total. The first-order valence-electron chi connectivity index (χ1n) is 5.41. The Bertz CT molecular complexity index is 614. The molecule has 0 aliphatic carbocycles. The fraction of sp³-hybridized carbons (Fsp3) is 0.0714. The van der Waals surface area contributed by atoms with Gasteiger partial charge in [-0.15, -0.1) is 0 Å². The third kappa shape index (κ3) is 3.72. The molecule has 0 aliphatic rings. The Labute approximate surface area is 129 Å². The minimum atomic E-state index is 0.286. The normalized spacial score (nSPS) is 10.3. The molecule has 0 unspecified atom stereocenters. The van der Waals surface area contributed by atoms with Crippen LogP contribution in [0.4, 0.5) is 0 Å². The second-order valence-corrected chi connectivity index (χ2v) is 5.58. The summed E-state index contributed by atoms with van der Waals surface area (Å²) in [6.45, 7) is 0.286. The van der Waals surface area contributed by atoms with Gasteiger partial charge in [-0.25, -0.2) is 0 Å². The third-order valence-electron chi connectivity index (χ3n) is 2.50. The molecule has 0 atom stereocenters. The number of rotatable bonds is 4. The average molecular weight is 360 g/mol. The van der Waals surface area contributed by atoms with Crippen LogP contribution in [0, 0.1) is 0 Å². The predicted molar refractivity (Wildman–Crippen MR) is 80.3 cm³/mol. The summed E-state index contributed by atoms with van der Waals surface area (Å²) in [6, 6.07) is 10.4. The molecule has 0 radical (unpaired) electrons. The van der Waals surface area contributed by atoms with Crippen LogP contribution in [0.2, 0.25) is 10.0 Å².